The van der Waals surface area contributed by atoms with Crippen molar-refractivity contribution >= 4 is 34.4 Å². The Hall–Kier alpha value is -2.16. The highest BCUT2D eigenvalue weighted by Crippen LogP contribution is 2.15. The van der Waals surface area contributed by atoms with Gasteiger partial charge in [0.05, 0.1) is 0 Å². The molecule has 0 radical (unpaired) electrons. The van der Waals surface area contributed by atoms with E-state index in [1.165, 1.54) is 17.0 Å². The van der Waals surface area contributed by atoms with Gasteiger partial charge in [0.2, 0.25) is 5.91 Å². The second-order valence-corrected chi connectivity index (χ2v) is 7.60. The smallest absolute Gasteiger partial charge is 0.261 e. The molecule has 2 aromatic carbocycles. The van der Waals surface area contributed by atoms with E-state index in [4.69, 9.17) is 4.74 Å². The first kappa shape index (κ1) is 22.1. The van der Waals surface area contributed by atoms with Gasteiger partial charge in [-0.25, -0.2) is 4.39 Å². The van der Waals surface area contributed by atoms with Gasteiger partial charge in [-0.1, -0.05) is 19.1 Å². The first-order valence-electron chi connectivity index (χ1n) is 9.10. The molecule has 1 N–H and O–H groups in total. The van der Waals surface area contributed by atoms with Gasteiger partial charge in [-0.05, 0) is 77.9 Å². The van der Waals surface area contributed by atoms with E-state index in [1.54, 1.807) is 31.2 Å². The number of hydrogen-bond acceptors (Lipinski definition) is 3. The van der Waals surface area contributed by atoms with Crippen LogP contribution in [0.2, 0.25) is 0 Å². The number of nitrogens with zero attached hydrogens (tertiary/aromatic N) is 1. The van der Waals surface area contributed by atoms with Gasteiger partial charge in [0, 0.05) is 16.7 Å². The van der Waals surface area contributed by atoms with Gasteiger partial charge < -0.3 is 15.0 Å². The van der Waals surface area contributed by atoms with Gasteiger partial charge in [0.15, 0.2) is 6.61 Å². The topological polar surface area (TPSA) is 58.6 Å². The quantitative estimate of drug-likeness (QED) is 0.536. The number of nitrogens with one attached hydrogen (secondary N) is 1. The van der Waals surface area contributed by atoms with Crippen LogP contribution in [0.3, 0.4) is 0 Å². The summed E-state index contributed by atoms with van der Waals surface area (Å²) in [6.45, 7) is 4.18. The highest BCUT2D eigenvalue weighted by molar-refractivity contribution is 14.1. The molecule has 0 unspecified atom stereocenters. The fraction of sp³-hybridized carbons (Fsp3) is 0.333. The molecule has 0 aromatic heterocycles. The summed E-state index contributed by atoms with van der Waals surface area (Å²) in [5, 5.41) is 2.81. The number of halogens is 2. The van der Waals surface area contributed by atoms with Crippen molar-refractivity contribution < 1.29 is 18.7 Å². The molecule has 0 aliphatic heterocycles. The molecule has 0 aliphatic carbocycles. The maximum atomic E-state index is 13.2. The normalized spacial score (nSPS) is 11.6. The third-order valence-corrected chi connectivity index (χ3v) is 4.88. The minimum absolute atomic E-state index is 0.187. The summed E-state index contributed by atoms with van der Waals surface area (Å²) in [4.78, 5) is 26.7. The molecule has 2 rings (SSSR count). The fourth-order valence-electron chi connectivity index (χ4n) is 2.52. The maximum absolute atomic E-state index is 13.2. The lowest BCUT2D eigenvalue weighted by molar-refractivity contribution is -0.142. The van der Waals surface area contributed by atoms with Crippen LogP contribution in [-0.4, -0.2) is 35.9 Å². The molecule has 28 heavy (non-hydrogen) atoms. The summed E-state index contributed by atoms with van der Waals surface area (Å²) in [7, 11) is 0. The zero-order valence-corrected chi connectivity index (χ0v) is 18.1. The molecule has 0 saturated carbocycles. The first-order valence-corrected chi connectivity index (χ1v) is 10.2. The number of ether oxygens (including phenoxy) is 1. The van der Waals surface area contributed by atoms with Gasteiger partial charge in [-0.3, -0.25) is 9.59 Å². The molecule has 0 fully saturated rings. The van der Waals surface area contributed by atoms with Gasteiger partial charge in [-0.15, -0.1) is 0 Å². The summed E-state index contributed by atoms with van der Waals surface area (Å²) < 4.78 is 19.8. The molecular formula is C21H24FIN2O3. The van der Waals surface area contributed by atoms with Gasteiger partial charge in [0.1, 0.15) is 17.6 Å². The van der Waals surface area contributed by atoms with Crippen molar-refractivity contribution in [3.8, 4) is 5.75 Å². The SMILES string of the molecule is CCCNC(=O)[C@@H](C)N(Cc1ccc(F)cc1)C(=O)COc1ccc(I)cc1. The standard InChI is InChI=1S/C21H24FIN2O3/c1-3-12-24-21(27)15(2)25(13-16-4-6-17(22)7-5-16)20(26)14-28-19-10-8-18(23)9-11-19/h4-11,15H,3,12-14H2,1-2H3,(H,24,27)/t15-/m1/s1. The Morgan fingerprint density at radius 1 is 1.14 bits per heavy atom. The highest BCUT2D eigenvalue weighted by Gasteiger charge is 2.26. The van der Waals surface area contributed by atoms with Crippen LogP contribution >= 0.6 is 22.6 Å². The van der Waals surface area contributed by atoms with Crippen molar-refractivity contribution in [2.75, 3.05) is 13.2 Å². The zero-order valence-electron chi connectivity index (χ0n) is 16.0. The van der Waals surface area contributed by atoms with E-state index in [2.05, 4.69) is 27.9 Å². The predicted molar refractivity (Wildman–Crippen MR) is 114 cm³/mol. The van der Waals surface area contributed by atoms with Crippen LogP contribution in [0.25, 0.3) is 0 Å². The molecule has 0 saturated heterocycles. The molecule has 0 heterocycles. The number of hydrogen-bond donors (Lipinski definition) is 1. The fourth-order valence-corrected chi connectivity index (χ4v) is 2.88. The average molecular weight is 498 g/mol. The molecule has 1 atom stereocenters. The van der Waals surface area contributed by atoms with Crippen molar-refractivity contribution in [1.29, 1.82) is 0 Å². The van der Waals surface area contributed by atoms with E-state index in [0.717, 1.165) is 15.6 Å². The number of carbonyl (C=O) groups is 2. The Kier molecular flexibility index (Phi) is 8.69. The molecule has 2 amide bonds. The van der Waals surface area contributed by atoms with E-state index < -0.39 is 6.04 Å². The second-order valence-electron chi connectivity index (χ2n) is 6.36. The van der Waals surface area contributed by atoms with Crippen LogP contribution in [0.4, 0.5) is 4.39 Å². The maximum Gasteiger partial charge on any atom is 0.261 e. The lowest BCUT2D eigenvalue weighted by atomic mass is 10.1. The van der Waals surface area contributed by atoms with Gasteiger partial charge in [0.25, 0.3) is 5.91 Å². The van der Waals surface area contributed by atoms with Crippen LogP contribution in [-0.2, 0) is 16.1 Å². The summed E-state index contributed by atoms with van der Waals surface area (Å²) in [5.41, 5.74) is 0.735. The molecule has 0 spiro atoms. The van der Waals surface area contributed by atoms with Crippen molar-refractivity contribution in [2.24, 2.45) is 0 Å². The minimum Gasteiger partial charge on any atom is -0.484 e. The molecule has 2 aromatic rings. The lowest BCUT2D eigenvalue weighted by Crippen LogP contribution is -2.49. The summed E-state index contributed by atoms with van der Waals surface area (Å²) in [5.74, 6) is -0.315. The Balaban J connectivity index is 2.10. The molecule has 0 aliphatic rings. The van der Waals surface area contributed by atoms with Crippen molar-refractivity contribution in [2.45, 2.75) is 32.9 Å². The lowest BCUT2D eigenvalue weighted by Gasteiger charge is -2.28. The van der Waals surface area contributed by atoms with E-state index in [9.17, 15) is 14.0 Å². The molecule has 0 bridgehead atoms. The van der Waals surface area contributed by atoms with E-state index in [1.807, 2.05) is 19.1 Å². The van der Waals surface area contributed by atoms with Crippen LogP contribution < -0.4 is 10.1 Å². The number of amides is 2. The number of carbonyl (C=O) groups excluding carboxylic acids is 2. The molecular weight excluding hydrogens is 474 g/mol. The van der Waals surface area contributed by atoms with Crippen LogP contribution in [0.15, 0.2) is 48.5 Å². The molecule has 150 valence electrons. The Labute approximate surface area is 178 Å². The Bertz CT molecular complexity index is 781. The summed E-state index contributed by atoms with van der Waals surface area (Å²) >= 11 is 2.19. The average Bonchev–Trinajstić information content (AvgIpc) is 2.70. The summed E-state index contributed by atoms with van der Waals surface area (Å²) in [6, 6.07) is 12.6. The Morgan fingerprint density at radius 3 is 2.39 bits per heavy atom. The van der Waals surface area contributed by atoms with Crippen molar-refractivity contribution in [3.63, 3.8) is 0 Å². The second kappa shape index (κ2) is 11.0. The number of benzene rings is 2. The Morgan fingerprint density at radius 2 is 1.79 bits per heavy atom. The van der Waals surface area contributed by atoms with Crippen molar-refractivity contribution in [3.05, 3.63) is 63.5 Å². The monoisotopic (exact) mass is 498 g/mol. The first-order chi connectivity index (χ1) is 13.4. The number of rotatable bonds is 9. The summed E-state index contributed by atoms with van der Waals surface area (Å²) in [6.07, 6.45) is 0.806. The van der Waals surface area contributed by atoms with E-state index >= 15 is 0 Å². The van der Waals surface area contributed by atoms with Crippen LogP contribution in [0.5, 0.6) is 5.75 Å². The minimum atomic E-state index is -0.676. The van der Waals surface area contributed by atoms with Crippen LogP contribution in [0, 0.1) is 9.39 Å². The third kappa shape index (κ3) is 6.78. The van der Waals surface area contributed by atoms with Crippen LogP contribution in [0.1, 0.15) is 25.8 Å². The zero-order chi connectivity index (χ0) is 20.5. The van der Waals surface area contributed by atoms with Crippen molar-refractivity contribution in [1.82, 2.24) is 10.2 Å². The highest BCUT2D eigenvalue weighted by atomic mass is 127. The van der Waals surface area contributed by atoms with Gasteiger partial charge in [-0.2, -0.15) is 0 Å². The molecule has 5 nitrogen and oxygen atoms in total. The van der Waals surface area contributed by atoms with E-state index in [0.29, 0.717) is 12.3 Å². The van der Waals surface area contributed by atoms with E-state index in [-0.39, 0.29) is 30.8 Å². The third-order valence-electron chi connectivity index (χ3n) is 4.16. The largest absolute Gasteiger partial charge is 0.484 e. The molecule has 7 heteroatoms. The van der Waals surface area contributed by atoms with Gasteiger partial charge >= 0.3 is 0 Å². The predicted octanol–water partition coefficient (Wildman–Crippen LogP) is 3.75.